The van der Waals surface area contributed by atoms with E-state index in [0.717, 1.165) is 0 Å². The summed E-state index contributed by atoms with van der Waals surface area (Å²) in [5.74, 6) is -0.345. The molecule has 0 aliphatic carbocycles. The fourth-order valence-corrected chi connectivity index (χ4v) is 2.35. The van der Waals surface area contributed by atoms with Crippen LogP contribution in [0.3, 0.4) is 0 Å². The van der Waals surface area contributed by atoms with Gasteiger partial charge in [-0.1, -0.05) is 0 Å². The SMILES string of the molecule is NS(=O)(=O)c1ccc(NC(=O)c2cncc(Br)c2)cc1. The molecule has 2 rings (SSSR count). The molecule has 0 aliphatic heterocycles. The number of anilines is 1. The molecule has 1 aromatic heterocycles. The van der Waals surface area contributed by atoms with Gasteiger partial charge in [0.2, 0.25) is 10.0 Å². The van der Waals surface area contributed by atoms with Gasteiger partial charge in [0.15, 0.2) is 0 Å². The zero-order valence-corrected chi connectivity index (χ0v) is 12.5. The number of aromatic nitrogens is 1. The molecule has 1 aromatic carbocycles. The Hall–Kier alpha value is -1.77. The van der Waals surface area contributed by atoms with Gasteiger partial charge in [-0.2, -0.15) is 0 Å². The number of nitrogens with two attached hydrogens (primary N) is 1. The van der Waals surface area contributed by atoms with Crippen molar-refractivity contribution >= 4 is 37.5 Å². The predicted molar refractivity (Wildman–Crippen MR) is 77.7 cm³/mol. The van der Waals surface area contributed by atoms with Crippen LogP contribution < -0.4 is 10.5 Å². The molecular weight excluding hydrogens is 346 g/mol. The first-order valence-electron chi connectivity index (χ1n) is 5.41. The molecule has 0 atom stereocenters. The first-order chi connectivity index (χ1) is 9.36. The molecule has 6 nitrogen and oxygen atoms in total. The van der Waals surface area contributed by atoms with Gasteiger partial charge in [-0.15, -0.1) is 0 Å². The van der Waals surface area contributed by atoms with Gasteiger partial charge in [-0.25, -0.2) is 13.6 Å². The zero-order valence-electron chi connectivity index (χ0n) is 10.1. The van der Waals surface area contributed by atoms with Crippen LogP contribution in [0.1, 0.15) is 10.4 Å². The summed E-state index contributed by atoms with van der Waals surface area (Å²) in [6, 6.07) is 7.20. The lowest BCUT2D eigenvalue weighted by Gasteiger charge is -2.06. The van der Waals surface area contributed by atoms with Crippen molar-refractivity contribution in [3.05, 3.63) is 52.8 Å². The van der Waals surface area contributed by atoms with E-state index in [0.29, 0.717) is 15.7 Å². The number of rotatable bonds is 3. The average molecular weight is 356 g/mol. The fourth-order valence-electron chi connectivity index (χ4n) is 1.47. The molecule has 0 radical (unpaired) electrons. The number of halogens is 1. The average Bonchev–Trinajstić information content (AvgIpc) is 2.38. The number of primary sulfonamides is 1. The number of nitrogens with one attached hydrogen (secondary N) is 1. The molecule has 3 N–H and O–H groups in total. The molecule has 0 unspecified atom stereocenters. The van der Waals surface area contributed by atoms with Crippen LogP contribution in [0.2, 0.25) is 0 Å². The molecule has 0 fully saturated rings. The lowest BCUT2D eigenvalue weighted by molar-refractivity contribution is 0.102. The number of amides is 1. The third kappa shape index (κ3) is 3.62. The molecular formula is C12H10BrN3O3S. The highest BCUT2D eigenvalue weighted by atomic mass is 79.9. The molecule has 0 aliphatic rings. The minimum absolute atomic E-state index is 0.0142. The Balaban J connectivity index is 2.16. The maximum Gasteiger partial charge on any atom is 0.257 e. The topological polar surface area (TPSA) is 102 Å². The van der Waals surface area contributed by atoms with Crippen molar-refractivity contribution in [2.24, 2.45) is 5.14 Å². The van der Waals surface area contributed by atoms with Crippen molar-refractivity contribution in [2.45, 2.75) is 4.90 Å². The normalized spacial score (nSPS) is 11.1. The number of sulfonamides is 1. The largest absolute Gasteiger partial charge is 0.322 e. The van der Waals surface area contributed by atoms with Gasteiger partial charge in [0.05, 0.1) is 10.5 Å². The van der Waals surface area contributed by atoms with Gasteiger partial charge >= 0.3 is 0 Å². The molecule has 0 bridgehead atoms. The lowest BCUT2D eigenvalue weighted by atomic mass is 10.2. The number of hydrogen-bond donors (Lipinski definition) is 2. The van der Waals surface area contributed by atoms with Crippen LogP contribution in [0, 0.1) is 0 Å². The first kappa shape index (κ1) is 14.6. The van der Waals surface area contributed by atoms with E-state index in [4.69, 9.17) is 5.14 Å². The van der Waals surface area contributed by atoms with Gasteiger partial charge in [0, 0.05) is 22.6 Å². The summed E-state index contributed by atoms with van der Waals surface area (Å²) in [6.45, 7) is 0. The number of carbonyl (C=O) groups excluding carboxylic acids is 1. The smallest absolute Gasteiger partial charge is 0.257 e. The van der Waals surface area contributed by atoms with Crippen molar-refractivity contribution in [2.75, 3.05) is 5.32 Å². The highest BCUT2D eigenvalue weighted by Crippen LogP contribution is 2.15. The second kappa shape index (κ2) is 5.70. The number of carbonyl (C=O) groups is 1. The van der Waals surface area contributed by atoms with E-state index >= 15 is 0 Å². The molecule has 1 amide bonds. The van der Waals surface area contributed by atoms with E-state index in [1.807, 2.05) is 0 Å². The van der Waals surface area contributed by atoms with Gasteiger partial charge in [0.25, 0.3) is 5.91 Å². The second-order valence-electron chi connectivity index (χ2n) is 3.92. The summed E-state index contributed by atoms with van der Waals surface area (Å²) in [5.41, 5.74) is 0.845. The molecule has 2 aromatic rings. The van der Waals surface area contributed by atoms with Crippen LogP contribution in [0.15, 0.2) is 52.1 Å². The highest BCUT2D eigenvalue weighted by molar-refractivity contribution is 9.10. The van der Waals surface area contributed by atoms with Crippen LogP contribution in [0.4, 0.5) is 5.69 Å². The van der Waals surface area contributed by atoms with E-state index in [9.17, 15) is 13.2 Å². The predicted octanol–water partition coefficient (Wildman–Crippen LogP) is 1.74. The standard InChI is InChI=1S/C12H10BrN3O3S/c13-9-5-8(6-15-7-9)12(17)16-10-1-3-11(4-2-10)20(14,18)19/h1-7H,(H,16,17)(H2,14,18,19). The lowest BCUT2D eigenvalue weighted by Crippen LogP contribution is -2.14. The van der Waals surface area contributed by atoms with Crippen LogP contribution in [-0.4, -0.2) is 19.3 Å². The molecule has 0 spiro atoms. The number of hydrogen-bond acceptors (Lipinski definition) is 4. The quantitative estimate of drug-likeness (QED) is 0.875. The summed E-state index contributed by atoms with van der Waals surface area (Å²) in [5, 5.41) is 7.62. The third-order valence-corrected chi connectivity index (χ3v) is 3.77. The van der Waals surface area contributed by atoms with Crippen molar-refractivity contribution in [3.63, 3.8) is 0 Å². The second-order valence-corrected chi connectivity index (χ2v) is 6.39. The van der Waals surface area contributed by atoms with Gasteiger partial charge < -0.3 is 5.32 Å². The Morgan fingerprint density at radius 1 is 1.20 bits per heavy atom. The number of benzene rings is 1. The summed E-state index contributed by atoms with van der Waals surface area (Å²) < 4.78 is 22.9. The first-order valence-corrected chi connectivity index (χ1v) is 7.75. The molecule has 104 valence electrons. The maximum atomic E-state index is 11.9. The summed E-state index contributed by atoms with van der Waals surface area (Å²) >= 11 is 3.22. The third-order valence-electron chi connectivity index (χ3n) is 2.41. The Bertz CT molecular complexity index is 745. The van der Waals surface area contributed by atoms with E-state index in [1.54, 1.807) is 12.3 Å². The van der Waals surface area contributed by atoms with Crippen molar-refractivity contribution < 1.29 is 13.2 Å². The minimum Gasteiger partial charge on any atom is -0.322 e. The molecule has 1 heterocycles. The highest BCUT2D eigenvalue weighted by Gasteiger charge is 2.09. The molecule has 0 saturated carbocycles. The minimum atomic E-state index is -3.73. The van der Waals surface area contributed by atoms with Crippen LogP contribution >= 0.6 is 15.9 Å². The van der Waals surface area contributed by atoms with Crippen LogP contribution in [0.5, 0.6) is 0 Å². The number of pyridine rings is 1. The van der Waals surface area contributed by atoms with Crippen molar-refractivity contribution in [1.29, 1.82) is 0 Å². The van der Waals surface area contributed by atoms with Crippen molar-refractivity contribution in [1.82, 2.24) is 4.98 Å². The monoisotopic (exact) mass is 355 g/mol. The summed E-state index contributed by atoms with van der Waals surface area (Å²) in [4.78, 5) is 15.8. The Morgan fingerprint density at radius 2 is 1.85 bits per heavy atom. The summed E-state index contributed by atoms with van der Waals surface area (Å²) in [6.07, 6.45) is 3.00. The van der Waals surface area contributed by atoms with Crippen molar-refractivity contribution in [3.8, 4) is 0 Å². The molecule has 0 saturated heterocycles. The van der Waals surface area contributed by atoms with Gasteiger partial charge in [0.1, 0.15) is 0 Å². The van der Waals surface area contributed by atoms with Crippen LogP contribution in [0.25, 0.3) is 0 Å². The van der Waals surface area contributed by atoms with E-state index in [1.165, 1.54) is 30.5 Å². The molecule has 20 heavy (non-hydrogen) atoms. The van der Waals surface area contributed by atoms with E-state index in [-0.39, 0.29) is 10.8 Å². The Kier molecular flexibility index (Phi) is 4.17. The maximum absolute atomic E-state index is 11.9. The molecule has 8 heteroatoms. The van der Waals surface area contributed by atoms with Gasteiger partial charge in [-0.05, 0) is 46.3 Å². The van der Waals surface area contributed by atoms with Gasteiger partial charge in [-0.3, -0.25) is 9.78 Å². The summed E-state index contributed by atoms with van der Waals surface area (Å²) in [7, 11) is -3.73. The Labute approximate surface area is 124 Å². The fraction of sp³-hybridized carbons (Fsp3) is 0. The van der Waals surface area contributed by atoms with Crippen LogP contribution in [-0.2, 0) is 10.0 Å². The van der Waals surface area contributed by atoms with E-state index < -0.39 is 10.0 Å². The number of nitrogens with zero attached hydrogens (tertiary/aromatic N) is 1. The Morgan fingerprint density at radius 3 is 2.40 bits per heavy atom. The van der Waals surface area contributed by atoms with E-state index in [2.05, 4.69) is 26.2 Å². The zero-order chi connectivity index (χ0) is 14.8.